The van der Waals surface area contributed by atoms with E-state index in [1.807, 2.05) is 36.4 Å². The van der Waals surface area contributed by atoms with Gasteiger partial charge >= 0.3 is 0 Å². The van der Waals surface area contributed by atoms with E-state index in [1.165, 1.54) is 0 Å². The van der Waals surface area contributed by atoms with Crippen LogP contribution in [0, 0.1) is 23.7 Å². The van der Waals surface area contributed by atoms with Crippen LogP contribution >= 0.6 is 0 Å². The van der Waals surface area contributed by atoms with E-state index in [2.05, 4.69) is 23.7 Å². The number of ether oxygens (including phenoxy) is 5. The summed E-state index contributed by atoms with van der Waals surface area (Å²) in [5.74, 6) is 14.7. The Hall–Kier alpha value is -3.28. The predicted molar refractivity (Wildman–Crippen MR) is 96.7 cm³/mol. The average molecular weight is 350 g/mol. The molecular weight excluding hydrogens is 332 g/mol. The highest BCUT2D eigenvalue weighted by Gasteiger charge is 2.12. The molecule has 0 N–H and O–H groups in total. The van der Waals surface area contributed by atoms with Gasteiger partial charge in [-0.05, 0) is 36.4 Å². The predicted octanol–water partition coefficient (Wildman–Crippen LogP) is 2.85. The van der Waals surface area contributed by atoms with Crippen molar-refractivity contribution < 1.29 is 23.7 Å². The smallest absolute Gasteiger partial charge is 0.231 e. The summed E-state index contributed by atoms with van der Waals surface area (Å²) >= 11 is 0. The molecule has 132 valence electrons. The first kappa shape index (κ1) is 17.5. The van der Waals surface area contributed by atoms with Gasteiger partial charge in [0.05, 0.1) is 14.2 Å². The molecule has 2 aromatic carbocycles. The monoisotopic (exact) mass is 350 g/mol. The summed E-state index contributed by atoms with van der Waals surface area (Å²) < 4.78 is 26.4. The van der Waals surface area contributed by atoms with Crippen molar-refractivity contribution in [2.45, 2.75) is 0 Å². The molecule has 0 atom stereocenters. The fourth-order valence-electron chi connectivity index (χ4n) is 2.32. The van der Waals surface area contributed by atoms with Crippen LogP contribution in [0.3, 0.4) is 0 Å². The Bertz CT molecular complexity index is 896. The highest BCUT2D eigenvalue weighted by atomic mass is 16.7. The highest BCUT2D eigenvalue weighted by molar-refractivity contribution is 5.49. The van der Waals surface area contributed by atoms with Crippen LogP contribution in [0.4, 0.5) is 0 Å². The van der Waals surface area contributed by atoms with Gasteiger partial charge in [0.2, 0.25) is 6.79 Å². The molecule has 0 spiro atoms. The normalized spacial score (nSPS) is 11.0. The quantitative estimate of drug-likeness (QED) is 0.627. The maximum absolute atomic E-state index is 5.41. The Balaban J connectivity index is 1.48. The number of hydrogen-bond acceptors (Lipinski definition) is 5. The molecule has 0 bridgehead atoms. The SMILES string of the molecule is COc1ccc(C#CCOCC#Cc2ccc3c(c2)OCO3)cc1OC. The second kappa shape index (κ2) is 8.71. The first-order valence-electron chi connectivity index (χ1n) is 7.97. The summed E-state index contributed by atoms with van der Waals surface area (Å²) in [6, 6.07) is 11.1. The summed E-state index contributed by atoms with van der Waals surface area (Å²) in [6.45, 7) is 0.854. The van der Waals surface area contributed by atoms with Gasteiger partial charge in [-0.15, -0.1) is 0 Å². The van der Waals surface area contributed by atoms with Crippen molar-refractivity contribution in [1.82, 2.24) is 0 Å². The highest BCUT2D eigenvalue weighted by Crippen LogP contribution is 2.32. The van der Waals surface area contributed by atoms with Crippen molar-refractivity contribution in [2.75, 3.05) is 34.2 Å². The molecule has 2 aromatic rings. The molecule has 1 aliphatic heterocycles. The van der Waals surface area contributed by atoms with E-state index < -0.39 is 0 Å². The van der Waals surface area contributed by atoms with Crippen LogP contribution in [0.15, 0.2) is 36.4 Å². The first-order chi connectivity index (χ1) is 12.8. The lowest BCUT2D eigenvalue weighted by atomic mass is 10.2. The summed E-state index contributed by atoms with van der Waals surface area (Å²) in [5, 5.41) is 0. The lowest BCUT2D eigenvalue weighted by molar-refractivity contribution is 0.174. The molecule has 0 radical (unpaired) electrons. The lowest BCUT2D eigenvalue weighted by Gasteiger charge is -2.06. The molecule has 3 rings (SSSR count). The third-order valence-corrected chi connectivity index (χ3v) is 3.57. The van der Waals surface area contributed by atoms with Gasteiger partial charge in [-0.1, -0.05) is 23.7 Å². The number of hydrogen-bond donors (Lipinski definition) is 0. The molecular formula is C21H18O5. The molecule has 1 heterocycles. The largest absolute Gasteiger partial charge is 0.493 e. The average Bonchev–Trinajstić information content (AvgIpc) is 3.14. The van der Waals surface area contributed by atoms with Crippen LogP contribution in [-0.4, -0.2) is 34.2 Å². The van der Waals surface area contributed by atoms with Crippen molar-refractivity contribution in [3.8, 4) is 46.7 Å². The van der Waals surface area contributed by atoms with Crippen molar-refractivity contribution in [3.63, 3.8) is 0 Å². The van der Waals surface area contributed by atoms with Gasteiger partial charge in [0, 0.05) is 11.1 Å². The van der Waals surface area contributed by atoms with Gasteiger partial charge < -0.3 is 23.7 Å². The molecule has 0 aromatic heterocycles. The number of benzene rings is 2. The maximum atomic E-state index is 5.41. The van der Waals surface area contributed by atoms with E-state index in [9.17, 15) is 0 Å². The maximum Gasteiger partial charge on any atom is 0.231 e. The summed E-state index contributed by atoms with van der Waals surface area (Å²) in [4.78, 5) is 0. The molecule has 0 unspecified atom stereocenters. The van der Waals surface area contributed by atoms with E-state index in [0.29, 0.717) is 24.7 Å². The Labute approximate surface area is 152 Å². The van der Waals surface area contributed by atoms with Gasteiger partial charge in [0.25, 0.3) is 0 Å². The standard InChI is InChI=1S/C21H18O5/c1-22-18-9-7-16(13-20(18)23-2)5-3-11-24-12-4-6-17-8-10-19-21(14-17)26-15-25-19/h7-10,13-14H,11-12,15H2,1-2H3. The van der Waals surface area contributed by atoms with Gasteiger partial charge in [-0.25, -0.2) is 0 Å². The van der Waals surface area contributed by atoms with Crippen LogP contribution in [0.1, 0.15) is 11.1 Å². The second-order valence-corrected chi connectivity index (χ2v) is 5.23. The minimum absolute atomic E-state index is 0.258. The minimum Gasteiger partial charge on any atom is -0.493 e. The fraction of sp³-hybridized carbons (Fsp3) is 0.238. The summed E-state index contributed by atoms with van der Waals surface area (Å²) in [6.07, 6.45) is 0. The zero-order valence-corrected chi connectivity index (χ0v) is 14.6. The van der Waals surface area contributed by atoms with Gasteiger partial charge in [0.15, 0.2) is 23.0 Å². The second-order valence-electron chi connectivity index (χ2n) is 5.23. The molecule has 0 saturated carbocycles. The lowest BCUT2D eigenvalue weighted by Crippen LogP contribution is -1.93. The number of methoxy groups -OCH3 is 2. The molecule has 5 heteroatoms. The molecule has 0 saturated heterocycles. The Kier molecular flexibility index (Phi) is 5.88. The molecule has 0 aliphatic carbocycles. The Morgan fingerprint density at radius 3 is 2.19 bits per heavy atom. The molecule has 0 amide bonds. The van der Waals surface area contributed by atoms with Crippen LogP contribution < -0.4 is 18.9 Å². The Morgan fingerprint density at radius 1 is 0.808 bits per heavy atom. The van der Waals surface area contributed by atoms with Crippen LogP contribution in [0.2, 0.25) is 0 Å². The van der Waals surface area contributed by atoms with Gasteiger partial charge in [-0.2, -0.15) is 0 Å². The van der Waals surface area contributed by atoms with E-state index in [0.717, 1.165) is 22.6 Å². The van der Waals surface area contributed by atoms with Crippen LogP contribution in [0.25, 0.3) is 0 Å². The molecule has 1 aliphatic rings. The van der Waals surface area contributed by atoms with Crippen molar-refractivity contribution in [3.05, 3.63) is 47.5 Å². The minimum atomic E-state index is 0.258. The zero-order valence-electron chi connectivity index (χ0n) is 14.6. The Morgan fingerprint density at radius 2 is 1.46 bits per heavy atom. The van der Waals surface area contributed by atoms with E-state index >= 15 is 0 Å². The van der Waals surface area contributed by atoms with Gasteiger partial charge in [0.1, 0.15) is 13.2 Å². The van der Waals surface area contributed by atoms with E-state index in [-0.39, 0.29) is 6.79 Å². The first-order valence-corrected chi connectivity index (χ1v) is 7.97. The third kappa shape index (κ3) is 4.42. The van der Waals surface area contributed by atoms with Crippen molar-refractivity contribution in [2.24, 2.45) is 0 Å². The summed E-state index contributed by atoms with van der Waals surface area (Å²) in [7, 11) is 3.19. The molecule has 5 nitrogen and oxygen atoms in total. The molecule has 26 heavy (non-hydrogen) atoms. The molecule has 0 fully saturated rings. The van der Waals surface area contributed by atoms with E-state index in [4.69, 9.17) is 23.7 Å². The van der Waals surface area contributed by atoms with Crippen molar-refractivity contribution in [1.29, 1.82) is 0 Å². The summed E-state index contributed by atoms with van der Waals surface area (Å²) in [5.41, 5.74) is 1.69. The van der Waals surface area contributed by atoms with E-state index in [1.54, 1.807) is 14.2 Å². The topological polar surface area (TPSA) is 46.2 Å². The van der Waals surface area contributed by atoms with Crippen molar-refractivity contribution >= 4 is 0 Å². The van der Waals surface area contributed by atoms with Crippen LogP contribution in [0.5, 0.6) is 23.0 Å². The zero-order chi connectivity index (χ0) is 18.2. The van der Waals surface area contributed by atoms with Gasteiger partial charge in [-0.3, -0.25) is 0 Å². The third-order valence-electron chi connectivity index (χ3n) is 3.57. The number of fused-ring (bicyclic) bond motifs is 1. The van der Waals surface area contributed by atoms with Crippen LogP contribution in [-0.2, 0) is 4.74 Å². The number of rotatable bonds is 4. The fourth-order valence-corrected chi connectivity index (χ4v) is 2.32.